The van der Waals surface area contributed by atoms with E-state index in [9.17, 15) is 9.59 Å². The Balaban J connectivity index is 2.02. The molecule has 2 atom stereocenters. The highest BCUT2D eigenvalue weighted by Gasteiger charge is 2.60. The molecule has 0 saturated carbocycles. The number of carbonyl (C=O) groups excluding carboxylic acids is 2. The Morgan fingerprint density at radius 2 is 1.59 bits per heavy atom. The summed E-state index contributed by atoms with van der Waals surface area (Å²) in [5.41, 5.74) is 0.611. The molecule has 0 spiro atoms. The number of ether oxygens (including phenoxy) is 2. The molecule has 2 amide bonds. The fourth-order valence-electron chi connectivity index (χ4n) is 3.59. The third kappa shape index (κ3) is 3.75. The first-order chi connectivity index (χ1) is 12.3. The van der Waals surface area contributed by atoms with Gasteiger partial charge in [0.25, 0.3) is 0 Å². The van der Waals surface area contributed by atoms with Crippen LogP contribution in [0.2, 0.25) is 0 Å². The predicted molar refractivity (Wildman–Crippen MR) is 112 cm³/mol. The van der Waals surface area contributed by atoms with Crippen molar-refractivity contribution in [2.75, 3.05) is 11.4 Å². The Morgan fingerprint density at radius 3 is 2.19 bits per heavy atom. The summed E-state index contributed by atoms with van der Waals surface area (Å²) in [6, 6.07) is 7.79. The van der Waals surface area contributed by atoms with E-state index in [0.717, 1.165) is 17.7 Å². The van der Waals surface area contributed by atoms with E-state index in [1.807, 2.05) is 65.8 Å². The van der Waals surface area contributed by atoms with E-state index in [1.54, 1.807) is 9.80 Å². The molecule has 7 heteroatoms. The van der Waals surface area contributed by atoms with Crippen LogP contribution in [0.15, 0.2) is 24.3 Å². The number of benzene rings is 1. The van der Waals surface area contributed by atoms with Gasteiger partial charge in [-0.25, -0.2) is 9.59 Å². The van der Waals surface area contributed by atoms with E-state index in [4.69, 9.17) is 9.47 Å². The van der Waals surface area contributed by atoms with Gasteiger partial charge < -0.3 is 9.47 Å². The largest absolute Gasteiger partial charge is 0.444 e. The zero-order valence-corrected chi connectivity index (χ0v) is 18.9. The Kier molecular flexibility index (Phi) is 4.89. The molecule has 1 aromatic carbocycles. The first kappa shape index (κ1) is 20.2. The minimum Gasteiger partial charge on any atom is -0.444 e. The van der Waals surface area contributed by atoms with Crippen molar-refractivity contribution in [2.45, 2.75) is 68.8 Å². The Hall–Kier alpha value is -1.51. The minimum absolute atomic E-state index is 0.387. The maximum absolute atomic E-state index is 13.1. The number of rotatable bonds is 0. The first-order valence-electron chi connectivity index (χ1n) is 9.14. The fraction of sp³-hybridized carbons (Fsp3) is 0.600. The summed E-state index contributed by atoms with van der Waals surface area (Å²) >= 11 is 2.38. The molecular formula is C20H27IN2O4. The van der Waals surface area contributed by atoms with Crippen LogP contribution in [0.5, 0.6) is 0 Å². The van der Waals surface area contributed by atoms with Gasteiger partial charge in [-0.1, -0.05) is 40.8 Å². The summed E-state index contributed by atoms with van der Waals surface area (Å²) in [4.78, 5) is 29.2. The highest BCUT2D eigenvalue weighted by atomic mass is 127. The first-order valence-corrected chi connectivity index (χ1v) is 10.2. The number of hydrogen-bond acceptors (Lipinski definition) is 4. The topological polar surface area (TPSA) is 59.1 Å². The van der Waals surface area contributed by atoms with Crippen LogP contribution in [0.4, 0.5) is 15.3 Å². The third-order valence-electron chi connectivity index (χ3n) is 4.50. The maximum Gasteiger partial charge on any atom is 0.416 e. The Bertz CT molecular complexity index is 768. The smallest absolute Gasteiger partial charge is 0.416 e. The summed E-state index contributed by atoms with van der Waals surface area (Å²) in [6.07, 6.45) is -0.588. The molecule has 2 heterocycles. The fourth-order valence-corrected chi connectivity index (χ4v) is 4.90. The van der Waals surface area contributed by atoms with Crippen molar-refractivity contribution in [1.29, 1.82) is 0 Å². The van der Waals surface area contributed by atoms with Crippen molar-refractivity contribution in [3.05, 3.63) is 29.8 Å². The van der Waals surface area contributed by atoms with Gasteiger partial charge in [-0.2, -0.15) is 0 Å². The molecule has 0 aliphatic carbocycles. The van der Waals surface area contributed by atoms with Gasteiger partial charge in [-0.15, -0.1) is 0 Å². The summed E-state index contributed by atoms with van der Waals surface area (Å²) in [5, 5.41) is 0. The normalized spacial score (nSPS) is 24.5. The SMILES string of the molecule is CC(C)(C)OC(=O)N1CC[C@@]2(I)c3ccccc3N(C(=O)OC(C)(C)C)[C@@H]12. The molecule has 27 heavy (non-hydrogen) atoms. The molecule has 0 N–H and O–H groups in total. The lowest BCUT2D eigenvalue weighted by molar-refractivity contribution is 0.0199. The predicted octanol–water partition coefficient (Wildman–Crippen LogP) is 5.04. The zero-order chi connectivity index (χ0) is 20.2. The van der Waals surface area contributed by atoms with Gasteiger partial charge in [0.2, 0.25) is 0 Å². The summed E-state index contributed by atoms with van der Waals surface area (Å²) in [6.45, 7) is 11.6. The van der Waals surface area contributed by atoms with Crippen LogP contribution in [0, 0.1) is 0 Å². The van der Waals surface area contributed by atoms with E-state index in [1.165, 1.54) is 0 Å². The molecular weight excluding hydrogens is 459 g/mol. The minimum atomic E-state index is -0.627. The van der Waals surface area contributed by atoms with Crippen molar-refractivity contribution >= 4 is 40.5 Å². The van der Waals surface area contributed by atoms with Crippen LogP contribution in [0.1, 0.15) is 53.5 Å². The zero-order valence-electron chi connectivity index (χ0n) is 16.7. The quantitative estimate of drug-likeness (QED) is 0.381. The van der Waals surface area contributed by atoms with E-state index < -0.39 is 29.6 Å². The second-order valence-corrected chi connectivity index (χ2v) is 11.0. The molecule has 1 aromatic rings. The number of halogens is 1. The molecule has 6 nitrogen and oxygen atoms in total. The highest BCUT2D eigenvalue weighted by Crippen LogP contribution is 2.56. The third-order valence-corrected chi connectivity index (χ3v) is 6.17. The lowest BCUT2D eigenvalue weighted by Crippen LogP contribution is -2.54. The van der Waals surface area contributed by atoms with Crippen LogP contribution in [0.25, 0.3) is 0 Å². The second-order valence-electron chi connectivity index (χ2n) is 9.03. The van der Waals surface area contributed by atoms with E-state index in [-0.39, 0.29) is 3.42 Å². The molecule has 3 rings (SSSR count). The molecule has 0 radical (unpaired) electrons. The van der Waals surface area contributed by atoms with Gasteiger partial charge in [0.15, 0.2) is 0 Å². The number of para-hydroxylation sites is 1. The molecule has 1 saturated heterocycles. The summed E-state index contributed by atoms with van der Waals surface area (Å²) < 4.78 is 10.9. The summed E-state index contributed by atoms with van der Waals surface area (Å²) in [5.74, 6) is 0. The lowest BCUT2D eigenvalue weighted by Gasteiger charge is -2.36. The van der Waals surface area contributed by atoms with Crippen molar-refractivity contribution in [1.82, 2.24) is 4.90 Å². The van der Waals surface area contributed by atoms with Crippen LogP contribution < -0.4 is 4.90 Å². The molecule has 0 bridgehead atoms. The average molecular weight is 486 g/mol. The average Bonchev–Trinajstić information content (AvgIpc) is 2.95. The van der Waals surface area contributed by atoms with Gasteiger partial charge in [0.1, 0.15) is 17.4 Å². The highest BCUT2D eigenvalue weighted by molar-refractivity contribution is 14.1. The van der Waals surface area contributed by atoms with E-state index in [2.05, 4.69) is 22.6 Å². The van der Waals surface area contributed by atoms with Crippen molar-refractivity contribution in [3.8, 4) is 0 Å². The lowest BCUT2D eigenvalue weighted by atomic mass is 9.98. The van der Waals surface area contributed by atoms with Gasteiger partial charge in [0, 0.05) is 6.54 Å². The van der Waals surface area contributed by atoms with Gasteiger partial charge in [-0.3, -0.25) is 9.80 Å². The van der Waals surface area contributed by atoms with Crippen LogP contribution in [-0.4, -0.2) is 41.0 Å². The van der Waals surface area contributed by atoms with Gasteiger partial charge >= 0.3 is 12.2 Å². The molecule has 1 fully saturated rings. The monoisotopic (exact) mass is 486 g/mol. The molecule has 2 aliphatic heterocycles. The van der Waals surface area contributed by atoms with Gasteiger partial charge in [0.05, 0.1) is 9.11 Å². The number of alkyl halides is 1. The maximum atomic E-state index is 13.1. The number of carbonyl (C=O) groups is 2. The number of anilines is 1. The number of amides is 2. The number of likely N-dealkylation sites (tertiary alicyclic amines) is 1. The van der Waals surface area contributed by atoms with Crippen LogP contribution in [-0.2, 0) is 12.9 Å². The number of fused-ring (bicyclic) bond motifs is 3. The van der Waals surface area contributed by atoms with Crippen LogP contribution in [0.3, 0.4) is 0 Å². The Labute approximate surface area is 174 Å². The molecule has 2 aliphatic rings. The molecule has 148 valence electrons. The van der Waals surface area contributed by atoms with Crippen molar-refractivity contribution in [2.24, 2.45) is 0 Å². The summed E-state index contributed by atoms with van der Waals surface area (Å²) in [7, 11) is 0. The van der Waals surface area contributed by atoms with E-state index >= 15 is 0 Å². The van der Waals surface area contributed by atoms with Gasteiger partial charge in [-0.05, 0) is 59.6 Å². The second kappa shape index (κ2) is 6.53. The standard InChI is InChI=1S/C20H27IN2O4/c1-18(2,3)26-16(24)22-12-11-20(21)13-9-7-8-10-14(13)23(15(20)22)17(25)27-19(4,5)6/h7-10,15H,11-12H2,1-6H3/t15-,20-/m1/s1. The van der Waals surface area contributed by atoms with Crippen LogP contribution >= 0.6 is 22.6 Å². The number of nitrogens with zero attached hydrogens (tertiary/aromatic N) is 2. The van der Waals surface area contributed by atoms with Crippen molar-refractivity contribution in [3.63, 3.8) is 0 Å². The molecule has 0 unspecified atom stereocenters. The Morgan fingerprint density at radius 1 is 1.04 bits per heavy atom. The molecule has 0 aromatic heterocycles. The number of hydrogen-bond donors (Lipinski definition) is 0. The van der Waals surface area contributed by atoms with E-state index in [0.29, 0.717) is 6.54 Å². The van der Waals surface area contributed by atoms with Crippen molar-refractivity contribution < 1.29 is 19.1 Å².